The number of para-hydroxylation sites is 1. The van der Waals surface area contributed by atoms with E-state index in [-0.39, 0.29) is 5.91 Å². The van der Waals surface area contributed by atoms with E-state index in [1.807, 2.05) is 49.4 Å². The third kappa shape index (κ3) is 4.80. The maximum Gasteiger partial charge on any atom is 0.261 e. The monoisotopic (exact) mass is 303 g/mol. The Bertz CT molecular complexity index is 569. The summed E-state index contributed by atoms with van der Waals surface area (Å²) in [4.78, 5) is 12.2. The first-order chi connectivity index (χ1) is 10.2. The normalized spacial score (nSPS) is 11.7. The van der Waals surface area contributed by atoms with Crippen molar-refractivity contribution in [1.29, 1.82) is 0 Å². The highest BCUT2D eigenvalue weighted by Crippen LogP contribution is 2.13. The number of amides is 1. The van der Waals surface area contributed by atoms with E-state index in [0.717, 1.165) is 5.56 Å². The van der Waals surface area contributed by atoms with Gasteiger partial charge in [0.05, 0.1) is 0 Å². The summed E-state index contributed by atoms with van der Waals surface area (Å²) in [5.74, 6) is 0.585. The number of benzene rings is 2. The third-order valence-electron chi connectivity index (χ3n) is 3.06. The zero-order valence-corrected chi connectivity index (χ0v) is 12.6. The first-order valence-corrected chi connectivity index (χ1v) is 7.30. The smallest absolute Gasteiger partial charge is 0.261 e. The van der Waals surface area contributed by atoms with Crippen LogP contribution in [0.25, 0.3) is 0 Å². The summed E-state index contributed by atoms with van der Waals surface area (Å²) in [5, 5.41) is 3.57. The van der Waals surface area contributed by atoms with Gasteiger partial charge in [-0.1, -0.05) is 48.9 Å². The molecule has 0 aliphatic rings. The highest BCUT2D eigenvalue weighted by molar-refractivity contribution is 6.30. The van der Waals surface area contributed by atoms with Crippen LogP contribution in [0.5, 0.6) is 5.75 Å². The Hall–Kier alpha value is -2.00. The lowest BCUT2D eigenvalue weighted by atomic mass is 10.2. The van der Waals surface area contributed by atoms with Gasteiger partial charge in [0.1, 0.15) is 5.75 Å². The van der Waals surface area contributed by atoms with E-state index >= 15 is 0 Å². The highest BCUT2D eigenvalue weighted by Gasteiger charge is 2.17. The lowest BCUT2D eigenvalue weighted by Gasteiger charge is -2.17. The van der Waals surface area contributed by atoms with Gasteiger partial charge in [0.15, 0.2) is 6.10 Å². The molecule has 0 saturated heterocycles. The van der Waals surface area contributed by atoms with Crippen molar-refractivity contribution in [2.75, 3.05) is 0 Å². The zero-order valence-electron chi connectivity index (χ0n) is 11.9. The minimum atomic E-state index is -0.486. The van der Waals surface area contributed by atoms with Crippen molar-refractivity contribution in [3.05, 3.63) is 65.2 Å². The summed E-state index contributed by atoms with van der Waals surface area (Å²) < 4.78 is 5.70. The summed E-state index contributed by atoms with van der Waals surface area (Å²) in [6.45, 7) is 2.39. The van der Waals surface area contributed by atoms with Gasteiger partial charge >= 0.3 is 0 Å². The van der Waals surface area contributed by atoms with Crippen LogP contribution in [0.2, 0.25) is 5.02 Å². The Balaban J connectivity index is 1.89. The fraction of sp³-hybridized carbons (Fsp3) is 0.235. The van der Waals surface area contributed by atoms with Crippen LogP contribution in [0.1, 0.15) is 18.9 Å². The first kappa shape index (κ1) is 15.4. The molecule has 110 valence electrons. The van der Waals surface area contributed by atoms with Gasteiger partial charge in [-0.25, -0.2) is 0 Å². The topological polar surface area (TPSA) is 38.3 Å². The van der Waals surface area contributed by atoms with Crippen LogP contribution in [-0.2, 0) is 11.3 Å². The van der Waals surface area contributed by atoms with Crippen molar-refractivity contribution < 1.29 is 9.53 Å². The summed E-state index contributed by atoms with van der Waals surface area (Å²) in [6, 6.07) is 16.8. The number of hydrogen-bond donors (Lipinski definition) is 1. The predicted molar refractivity (Wildman–Crippen MR) is 84.4 cm³/mol. The lowest BCUT2D eigenvalue weighted by Crippen LogP contribution is -2.37. The molecule has 0 aromatic heterocycles. The molecule has 3 nitrogen and oxygen atoms in total. The van der Waals surface area contributed by atoms with Crippen LogP contribution in [-0.4, -0.2) is 12.0 Å². The average molecular weight is 304 g/mol. The van der Waals surface area contributed by atoms with Crippen molar-refractivity contribution in [3.63, 3.8) is 0 Å². The lowest BCUT2D eigenvalue weighted by molar-refractivity contribution is -0.128. The zero-order chi connectivity index (χ0) is 15.1. The molecule has 2 aromatic rings. The molecule has 1 N–H and O–H groups in total. The second kappa shape index (κ2) is 7.70. The molecule has 2 aromatic carbocycles. The molecule has 4 heteroatoms. The fourth-order valence-corrected chi connectivity index (χ4v) is 2.02. The summed E-state index contributed by atoms with van der Waals surface area (Å²) in [7, 11) is 0. The van der Waals surface area contributed by atoms with E-state index in [1.54, 1.807) is 12.1 Å². The third-order valence-corrected chi connectivity index (χ3v) is 3.32. The van der Waals surface area contributed by atoms with Crippen molar-refractivity contribution >= 4 is 17.5 Å². The Morgan fingerprint density at radius 1 is 1.14 bits per heavy atom. The predicted octanol–water partition coefficient (Wildman–Crippen LogP) is 3.81. The highest BCUT2D eigenvalue weighted by atomic mass is 35.5. The molecule has 0 fully saturated rings. The van der Waals surface area contributed by atoms with E-state index in [4.69, 9.17) is 16.3 Å². The minimum Gasteiger partial charge on any atom is -0.481 e. The minimum absolute atomic E-state index is 0.115. The fourth-order valence-electron chi connectivity index (χ4n) is 1.89. The molecule has 0 aliphatic carbocycles. The standard InChI is InChI=1S/C17H18ClNO2/c1-2-16(21-15-6-4-3-5-7-15)17(20)19-12-13-8-10-14(18)11-9-13/h3-11,16H,2,12H2,1H3,(H,19,20)/t16-/m1/s1. The van der Waals surface area contributed by atoms with Crippen molar-refractivity contribution in [2.45, 2.75) is 26.0 Å². The van der Waals surface area contributed by atoms with Gasteiger partial charge in [-0.15, -0.1) is 0 Å². The van der Waals surface area contributed by atoms with Gasteiger partial charge in [-0.3, -0.25) is 4.79 Å². The van der Waals surface area contributed by atoms with Crippen LogP contribution in [0, 0.1) is 0 Å². The number of carbonyl (C=O) groups is 1. The van der Waals surface area contributed by atoms with E-state index in [2.05, 4.69) is 5.32 Å². The molecular weight excluding hydrogens is 286 g/mol. The molecule has 1 atom stereocenters. The molecule has 0 radical (unpaired) electrons. The number of carbonyl (C=O) groups excluding carboxylic acids is 1. The second-order valence-corrected chi connectivity index (χ2v) is 5.11. The van der Waals surface area contributed by atoms with Crippen LogP contribution in [0.3, 0.4) is 0 Å². The van der Waals surface area contributed by atoms with Gasteiger partial charge < -0.3 is 10.1 Å². The largest absolute Gasteiger partial charge is 0.481 e. The Morgan fingerprint density at radius 3 is 2.43 bits per heavy atom. The van der Waals surface area contributed by atoms with Gasteiger partial charge in [-0.2, -0.15) is 0 Å². The first-order valence-electron chi connectivity index (χ1n) is 6.93. The van der Waals surface area contributed by atoms with Gasteiger partial charge in [0.25, 0.3) is 5.91 Å². The van der Waals surface area contributed by atoms with E-state index < -0.39 is 6.10 Å². The van der Waals surface area contributed by atoms with Gasteiger partial charge in [0.2, 0.25) is 0 Å². The SMILES string of the molecule is CC[C@@H](Oc1ccccc1)C(=O)NCc1ccc(Cl)cc1. The molecule has 21 heavy (non-hydrogen) atoms. The number of ether oxygens (including phenoxy) is 1. The van der Waals surface area contributed by atoms with E-state index in [9.17, 15) is 4.79 Å². The molecular formula is C17H18ClNO2. The van der Waals surface area contributed by atoms with Crippen molar-refractivity contribution in [1.82, 2.24) is 5.32 Å². The molecule has 2 rings (SSSR count). The van der Waals surface area contributed by atoms with Crippen molar-refractivity contribution in [2.24, 2.45) is 0 Å². The number of halogens is 1. The average Bonchev–Trinajstić information content (AvgIpc) is 2.52. The van der Waals surface area contributed by atoms with Crippen LogP contribution in [0.4, 0.5) is 0 Å². The van der Waals surface area contributed by atoms with Gasteiger partial charge in [-0.05, 0) is 36.2 Å². The molecule has 0 saturated carbocycles. The van der Waals surface area contributed by atoms with Gasteiger partial charge in [0, 0.05) is 11.6 Å². The Labute approximate surface area is 129 Å². The Kier molecular flexibility index (Phi) is 5.64. The van der Waals surface area contributed by atoms with Crippen molar-refractivity contribution in [3.8, 4) is 5.75 Å². The maximum absolute atomic E-state index is 12.2. The Morgan fingerprint density at radius 2 is 1.81 bits per heavy atom. The summed E-state index contributed by atoms with van der Waals surface area (Å²) in [5.41, 5.74) is 1.00. The number of rotatable bonds is 6. The van der Waals surface area contributed by atoms with Crippen LogP contribution < -0.4 is 10.1 Å². The number of hydrogen-bond acceptors (Lipinski definition) is 2. The van der Waals surface area contributed by atoms with Crippen LogP contribution in [0.15, 0.2) is 54.6 Å². The summed E-state index contributed by atoms with van der Waals surface area (Å²) >= 11 is 5.83. The quantitative estimate of drug-likeness (QED) is 0.881. The molecule has 0 aliphatic heterocycles. The summed E-state index contributed by atoms with van der Waals surface area (Å²) in [6.07, 6.45) is 0.126. The maximum atomic E-state index is 12.2. The molecule has 0 heterocycles. The second-order valence-electron chi connectivity index (χ2n) is 4.67. The van der Waals surface area contributed by atoms with Crippen LogP contribution >= 0.6 is 11.6 Å². The molecule has 0 bridgehead atoms. The molecule has 0 spiro atoms. The molecule has 1 amide bonds. The molecule has 0 unspecified atom stereocenters. The van der Waals surface area contributed by atoms with E-state index in [1.165, 1.54) is 0 Å². The number of nitrogens with one attached hydrogen (secondary N) is 1. The van der Waals surface area contributed by atoms with E-state index in [0.29, 0.717) is 23.7 Å².